The lowest BCUT2D eigenvalue weighted by Gasteiger charge is -2.37. The molecule has 0 aliphatic carbocycles. The molecular weight excluding hydrogens is 588 g/mol. The van der Waals surface area contributed by atoms with Crippen molar-refractivity contribution in [2.24, 2.45) is 0 Å². The minimum absolute atomic E-state index is 0.0430. The number of ether oxygens (including phenoxy) is 5. The number of methoxy groups -OCH3 is 2. The van der Waals surface area contributed by atoms with Gasteiger partial charge in [-0.1, -0.05) is 42.5 Å². The first kappa shape index (κ1) is 33.1. The maximum atomic E-state index is 12.0. The number of esters is 1. The van der Waals surface area contributed by atoms with E-state index in [2.05, 4.69) is 35.2 Å². The monoisotopic (exact) mass is 632 g/mol. The van der Waals surface area contributed by atoms with Gasteiger partial charge in [-0.15, -0.1) is 0 Å². The van der Waals surface area contributed by atoms with Crippen molar-refractivity contribution in [2.45, 2.75) is 50.9 Å². The molecule has 2 aliphatic rings. The number of amides is 1. The normalized spacial score (nSPS) is 17.7. The third-order valence-corrected chi connectivity index (χ3v) is 8.67. The fourth-order valence-corrected chi connectivity index (χ4v) is 6.18. The number of carbonyl (C=O) groups is 2. The highest BCUT2D eigenvalue weighted by atomic mass is 16.5. The van der Waals surface area contributed by atoms with Gasteiger partial charge in [0, 0.05) is 36.7 Å². The van der Waals surface area contributed by atoms with Crippen molar-refractivity contribution in [3.63, 3.8) is 0 Å². The largest absolute Gasteiger partial charge is 0.496 e. The Morgan fingerprint density at radius 3 is 2.57 bits per heavy atom. The molecule has 46 heavy (non-hydrogen) atoms. The number of likely N-dealkylation sites (tertiary alicyclic amines) is 1. The molecule has 2 aliphatic heterocycles. The van der Waals surface area contributed by atoms with E-state index >= 15 is 0 Å². The number of carboxylic acid groups (broad SMARTS) is 1. The lowest BCUT2D eigenvalue weighted by molar-refractivity contribution is -0.138. The Balaban J connectivity index is 1.15. The minimum atomic E-state index is -0.935. The zero-order valence-corrected chi connectivity index (χ0v) is 26.7. The van der Waals surface area contributed by atoms with Gasteiger partial charge in [-0.3, -0.25) is 4.79 Å². The third-order valence-electron chi connectivity index (χ3n) is 8.67. The van der Waals surface area contributed by atoms with Gasteiger partial charge in [0.1, 0.15) is 18.0 Å². The number of carbonyl (C=O) groups excluding carboxylic acids is 1. The first-order valence-corrected chi connectivity index (χ1v) is 15.9. The van der Waals surface area contributed by atoms with Crippen LogP contribution in [0.25, 0.3) is 0 Å². The van der Waals surface area contributed by atoms with Gasteiger partial charge in [0.2, 0.25) is 0 Å². The Bertz CT molecular complexity index is 1450. The average molecular weight is 633 g/mol. The molecule has 2 atom stereocenters. The van der Waals surface area contributed by atoms with Gasteiger partial charge in [0.25, 0.3) is 0 Å². The first-order valence-electron chi connectivity index (χ1n) is 15.9. The summed E-state index contributed by atoms with van der Waals surface area (Å²) in [5, 5.41) is 9.70. The maximum Gasteiger partial charge on any atom is 0.407 e. The van der Waals surface area contributed by atoms with Crippen molar-refractivity contribution >= 4 is 17.7 Å². The highest BCUT2D eigenvalue weighted by molar-refractivity contribution is 5.76. The predicted octanol–water partition coefficient (Wildman–Crippen LogP) is 5.66. The molecule has 0 saturated carbocycles. The Kier molecular flexibility index (Phi) is 11.7. The van der Waals surface area contributed by atoms with Crippen molar-refractivity contribution in [3.05, 3.63) is 89.0 Å². The number of aryl methyl sites for hydroxylation is 1. The Labute approximate surface area is 270 Å². The molecule has 3 aromatic rings. The van der Waals surface area contributed by atoms with Crippen LogP contribution in [-0.2, 0) is 38.6 Å². The van der Waals surface area contributed by atoms with E-state index in [1.54, 1.807) is 7.11 Å². The molecule has 3 aromatic carbocycles. The number of rotatable bonds is 14. The van der Waals surface area contributed by atoms with Crippen LogP contribution in [0.4, 0.5) is 10.5 Å². The zero-order chi connectivity index (χ0) is 32.3. The molecular formula is C36H44N2O8. The van der Waals surface area contributed by atoms with Crippen molar-refractivity contribution in [1.82, 2.24) is 4.90 Å². The quantitative estimate of drug-likeness (QED) is 0.178. The van der Waals surface area contributed by atoms with Gasteiger partial charge < -0.3 is 38.6 Å². The number of fused-ring (bicyclic) bond motifs is 1. The second-order valence-electron chi connectivity index (χ2n) is 11.7. The van der Waals surface area contributed by atoms with Crippen LogP contribution in [0.5, 0.6) is 11.5 Å². The fraction of sp³-hybridized carbons (Fsp3) is 0.444. The topological polar surface area (TPSA) is 107 Å². The van der Waals surface area contributed by atoms with Crippen LogP contribution in [0, 0.1) is 0 Å². The van der Waals surface area contributed by atoms with E-state index in [4.69, 9.17) is 23.7 Å². The molecule has 10 heteroatoms. The summed E-state index contributed by atoms with van der Waals surface area (Å²) in [6.45, 7) is 3.69. The van der Waals surface area contributed by atoms with Crippen molar-refractivity contribution in [3.8, 4) is 11.5 Å². The van der Waals surface area contributed by atoms with Crippen LogP contribution in [0.15, 0.2) is 66.7 Å². The van der Waals surface area contributed by atoms with E-state index in [1.807, 2.05) is 36.4 Å². The molecule has 10 nitrogen and oxygen atoms in total. The summed E-state index contributed by atoms with van der Waals surface area (Å²) in [6.07, 6.45) is 2.12. The molecule has 1 N–H and O–H groups in total. The molecule has 1 fully saturated rings. The van der Waals surface area contributed by atoms with Crippen molar-refractivity contribution in [2.75, 3.05) is 58.5 Å². The van der Waals surface area contributed by atoms with E-state index in [-0.39, 0.29) is 24.5 Å². The summed E-state index contributed by atoms with van der Waals surface area (Å²) in [5.74, 6) is 1.38. The average Bonchev–Trinajstić information content (AvgIpc) is 3.09. The molecule has 0 radical (unpaired) electrons. The highest BCUT2D eigenvalue weighted by Gasteiger charge is 2.33. The zero-order valence-electron chi connectivity index (χ0n) is 26.7. The van der Waals surface area contributed by atoms with Crippen molar-refractivity contribution in [1.29, 1.82) is 0 Å². The molecule has 2 heterocycles. The standard InChI is InChI=1S/C36H44N2O8/c1-42-33-9-4-3-7-29(33)25-44-19-6-20-45-30-14-12-27(13-15-30)31-16-18-38(36(40)41)22-34(31)46-24-26-10-11-28-8-5-17-37(32(28)21-26)23-35(39)43-2/h3-4,7,9-15,21,31,34H,5-6,8,16-20,22-25H2,1-2H3,(H,40,41). The van der Waals surface area contributed by atoms with E-state index in [0.29, 0.717) is 45.9 Å². The molecule has 0 spiro atoms. The van der Waals surface area contributed by atoms with Crippen molar-refractivity contribution < 1.29 is 38.4 Å². The van der Waals surface area contributed by atoms with Gasteiger partial charge in [0.05, 0.1) is 53.3 Å². The number of para-hydroxylation sites is 1. The molecule has 2 unspecified atom stereocenters. The maximum absolute atomic E-state index is 12.0. The first-order chi connectivity index (χ1) is 22.4. The summed E-state index contributed by atoms with van der Waals surface area (Å²) in [5.41, 5.74) is 5.33. The number of hydrogen-bond donors (Lipinski definition) is 1. The molecule has 0 bridgehead atoms. The Morgan fingerprint density at radius 2 is 1.78 bits per heavy atom. The minimum Gasteiger partial charge on any atom is -0.496 e. The predicted molar refractivity (Wildman–Crippen MR) is 174 cm³/mol. The van der Waals surface area contributed by atoms with Crippen LogP contribution < -0.4 is 14.4 Å². The van der Waals surface area contributed by atoms with Crippen LogP contribution in [-0.4, -0.2) is 81.8 Å². The van der Waals surface area contributed by atoms with E-state index in [1.165, 1.54) is 17.6 Å². The summed E-state index contributed by atoms with van der Waals surface area (Å²) >= 11 is 0. The van der Waals surface area contributed by atoms with Crippen LogP contribution in [0.2, 0.25) is 0 Å². The number of nitrogens with zero attached hydrogens (tertiary/aromatic N) is 2. The third kappa shape index (κ3) is 8.70. The second kappa shape index (κ2) is 16.3. The van der Waals surface area contributed by atoms with Crippen LogP contribution >= 0.6 is 0 Å². The fourth-order valence-electron chi connectivity index (χ4n) is 6.18. The molecule has 0 aromatic heterocycles. The van der Waals surface area contributed by atoms with Gasteiger partial charge in [-0.2, -0.15) is 0 Å². The molecule has 246 valence electrons. The van der Waals surface area contributed by atoms with Crippen LogP contribution in [0.1, 0.15) is 47.4 Å². The van der Waals surface area contributed by atoms with E-state index < -0.39 is 6.09 Å². The van der Waals surface area contributed by atoms with Gasteiger partial charge in [-0.25, -0.2) is 4.79 Å². The summed E-state index contributed by atoms with van der Waals surface area (Å²) < 4.78 is 28.5. The summed E-state index contributed by atoms with van der Waals surface area (Å²) in [4.78, 5) is 27.3. The summed E-state index contributed by atoms with van der Waals surface area (Å²) in [7, 11) is 3.06. The molecule has 1 saturated heterocycles. The SMILES string of the molecule is COC(=O)CN1CCCc2ccc(COC3CN(C(=O)O)CCC3c3ccc(OCCCOCc4ccccc4OC)cc3)cc21. The lowest BCUT2D eigenvalue weighted by atomic mass is 9.87. The number of hydrogen-bond acceptors (Lipinski definition) is 8. The Hall–Kier alpha value is -4.28. The molecule has 5 rings (SSSR count). The van der Waals surface area contributed by atoms with Gasteiger partial charge >= 0.3 is 12.1 Å². The van der Waals surface area contributed by atoms with Crippen LogP contribution in [0.3, 0.4) is 0 Å². The second-order valence-corrected chi connectivity index (χ2v) is 11.7. The molecule has 1 amide bonds. The Morgan fingerprint density at radius 1 is 0.957 bits per heavy atom. The smallest absolute Gasteiger partial charge is 0.407 e. The lowest BCUT2D eigenvalue weighted by Crippen LogP contribution is -2.46. The van der Waals surface area contributed by atoms with Gasteiger partial charge in [-0.05, 0) is 60.2 Å². The number of piperidine rings is 1. The van der Waals surface area contributed by atoms with E-state index in [9.17, 15) is 14.7 Å². The number of anilines is 1. The van der Waals surface area contributed by atoms with Gasteiger partial charge in [0.15, 0.2) is 0 Å². The number of benzene rings is 3. The summed E-state index contributed by atoms with van der Waals surface area (Å²) in [6, 6.07) is 22.1. The van der Waals surface area contributed by atoms with E-state index in [0.717, 1.165) is 59.7 Å². The highest BCUT2D eigenvalue weighted by Crippen LogP contribution is 2.33.